The molecule has 0 saturated heterocycles. The van der Waals surface area contributed by atoms with Crippen molar-refractivity contribution in [1.29, 1.82) is 0 Å². The highest BCUT2D eigenvalue weighted by atomic mass is 19.1. The number of carbonyl (C=O) groups excluding carboxylic acids is 1. The highest BCUT2D eigenvalue weighted by Gasteiger charge is 2.06. The first-order valence-electron chi connectivity index (χ1n) is 5.29. The fourth-order valence-corrected chi connectivity index (χ4v) is 1.23. The van der Waals surface area contributed by atoms with E-state index in [4.69, 9.17) is 4.74 Å². The summed E-state index contributed by atoms with van der Waals surface area (Å²) in [4.78, 5) is 11.1. The molecule has 1 rings (SSSR count). The molecule has 0 heterocycles. The Morgan fingerprint density at radius 3 is 2.65 bits per heavy atom. The van der Waals surface area contributed by atoms with Gasteiger partial charge in [0.25, 0.3) is 0 Å². The summed E-state index contributed by atoms with van der Waals surface area (Å²) in [6.45, 7) is 2.22. The summed E-state index contributed by atoms with van der Waals surface area (Å²) in [5, 5.41) is 2.65. The third kappa shape index (κ3) is 5.31. The molecule has 0 aromatic heterocycles. The summed E-state index contributed by atoms with van der Waals surface area (Å²) in [6.07, 6.45) is -0.193. The number of methoxy groups -OCH3 is 1. The maximum absolute atomic E-state index is 12.6. The molecule has 0 spiro atoms. The molecule has 5 heteroatoms. The molecule has 17 heavy (non-hydrogen) atoms. The van der Waals surface area contributed by atoms with Crippen molar-refractivity contribution in [3.63, 3.8) is 0 Å². The number of benzene rings is 1. The van der Waals surface area contributed by atoms with Crippen LogP contribution in [0.15, 0.2) is 24.3 Å². The van der Waals surface area contributed by atoms with E-state index in [0.29, 0.717) is 12.3 Å². The van der Waals surface area contributed by atoms with E-state index in [9.17, 15) is 9.18 Å². The molecular formula is C12H16FNO3. The van der Waals surface area contributed by atoms with Crippen LogP contribution in [0.4, 0.5) is 4.39 Å². The standard InChI is InChI=1S/C12H16FNO3/c1-9(7-14-12(15)8-16-2)17-11-5-3-10(13)4-6-11/h3-6,9H,7-8H2,1-2H3,(H,14,15). The van der Waals surface area contributed by atoms with Crippen LogP contribution in [0.3, 0.4) is 0 Å². The molecule has 1 atom stereocenters. The number of hydrogen-bond acceptors (Lipinski definition) is 3. The molecule has 4 nitrogen and oxygen atoms in total. The van der Waals surface area contributed by atoms with Crippen LogP contribution >= 0.6 is 0 Å². The average molecular weight is 241 g/mol. The van der Waals surface area contributed by atoms with Gasteiger partial charge in [0.05, 0.1) is 6.54 Å². The van der Waals surface area contributed by atoms with Crippen molar-refractivity contribution in [2.75, 3.05) is 20.3 Å². The second-order valence-electron chi connectivity index (χ2n) is 3.62. The van der Waals surface area contributed by atoms with E-state index in [1.165, 1.54) is 19.2 Å². The van der Waals surface area contributed by atoms with Gasteiger partial charge in [-0.05, 0) is 31.2 Å². The minimum absolute atomic E-state index is 0.0310. The van der Waals surface area contributed by atoms with E-state index < -0.39 is 0 Å². The van der Waals surface area contributed by atoms with Crippen LogP contribution in [0.1, 0.15) is 6.92 Å². The minimum Gasteiger partial charge on any atom is -0.489 e. The predicted molar refractivity (Wildman–Crippen MR) is 61.4 cm³/mol. The number of amides is 1. The van der Waals surface area contributed by atoms with E-state index in [1.807, 2.05) is 6.92 Å². The van der Waals surface area contributed by atoms with Gasteiger partial charge in [0.15, 0.2) is 0 Å². The van der Waals surface area contributed by atoms with Gasteiger partial charge in [0, 0.05) is 7.11 Å². The molecule has 94 valence electrons. The number of carbonyl (C=O) groups is 1. The van der Waals surface area contributed by atoms with Gasteiger partial charge in [-0.25, -0.2) is 4.39 Å². The van der Waals surface area contributed by atoms with E-state index in [0.717, 1.165) is 0 Å². The highest BCUT2D eigenvalue weighted by molar-refractivity contribution is 5.77. The van der Waals surface area contributed by atoms with Crippen molar-refractivity contribution in [2.45, 2.75) is 13.0 Å². The van der Waals surface area contributed by atoms with Crippen molar-refractivity contribution in [3.8, 4) is 5.75 Å². The van der Waals surface area contributed by atoms with Crippen molar-refractivity contribution in [2.24, 2.45) is 0 Å². The summed E-state index contributed by atoms with van der Waals surface area (Å²) in [5.41, 5.74) is 0. The Balaban J connectivity index is 2.31. The monoisotopic (exact) mass is 241 g/mol. The number of rotatable bonds is 6. The van der Waals surface area contributed by atoms with Crippen LogP contribution in [0.2, 0.25) is 0 Å². The summed E-state index contributed by atoms with van der Waals surface area (Å²) < 4.78 is 22.8. The SMILES string of the molecule is COCC(=O)NCC(C)Oc1ccc(F)cc1. The summed E-state index contributed by atoms with van der Waals surface area (Å²) in [5.74, 6) is 0.0698. The Bertz CT molecular complexity index is 353. The first-order valence-corrected chi connectivity index (χ1v) is 5.29. The van der Waals surface area contributed by atoms with E-state index in [-0.39, 0.29) is 24.4 Å². The lowest BCUT2D eigenvalue weighted by atomic mass is 10.3. The fourth-order valence-electron chi connectivity index (χ4n) is 1.23. The van der Waals surface area contributed by atoms with Crippen molar-refractivity contribution < 1.29 is 18.7 Å². The van der Waals surface area contributed by atoms with E-state index in [1.54, 1.807) is 12.1 Å². The zero-order chi connectivity index (χ0) is 12.7. The van der Waals surface area contributed by atoms with Crippen LogP contribution in [-0.4, -0.2) is 32.3 Å². The molecule has 1 amide bonds. The van der Waals surface area contributed by atoms with Crippen LogP contribution in [0.5, 0.6) is 5.75 Å². The molecule has 0 bridgehead atoms. The lowest BCUT2D eigenvalue weighted by Crippen LogP contribution is -2.35. The quantitative estimate of drug-likeness (QED) is 0.818. The second kappa shape index (κ2) is 6.85. The smallest absolute Gasteiger partial charge is 0.246 e. The lowest BCUT2D eigenvalue weighted by Gasteiger charge is -2.15. The summed E-state index contributed by atoms with van der Waals surface area (Å²) >= 11 is 0. The largest absolute Gasteiger partial charge is 0.489 e. The molecule has 1 aromatic carbocycles. The minimum atomic E-state index is -0.307. The van der Waals surface area contributed by atoms with Crippen LogP contribution in [0.25, 0.3) is 0 Å². The van der Waals surface area contributed by atoms with Gasteiger partial charge in [-0.2, -0.15) is 0 Å². The molecule has 0 aliphatic rings. The Hall–Kier alpha value is -1.62. The normalized spacial score (nSPS) is 11.9. The maximum atomic E-state index is 12.6. The van der Waals surface area contributed by atoms with Gasteiger partial charge in [-0.3, -0.25) is 4.79 Å². The average Bonchev–Trinajstić information content (AvgIpc) is 2.30. The van der Waals surface area contributed by atoms with Gasteiger partial charge < -0.3 is 14.8 Å². The zero-order valence-electron chi connectivity index (χ0n) is 9.90. The summed E-state index contributed by atoms with van der Waals surface area (Å²) in [6, 6.07) is 5.74. The molecule has 1 unspecified atom stereocenters. The first kappa shape index (κ1) is 13.4. The van der Waals surface area contributed by atoms with Gasteiger partial charge >= 0.3 is 0 Å². The van der Waals surface area contributed by atoms with Crippen molar-refractivity contribution in [3.05, 3.63) is 30.1 Å². The molecule has 0 fully saturated rings. The zero-order valence-corrected chi connectivity index (χ0v) is 9.90. The molecule has 1 N–H and O–H groups in total. The van der Waals surface area contributed by atoms with E-state index >= 15 is 0 Å². The second-order valence-corrected chi connectivity index (χ2v) is 3.62. The van der Waals surface area contributed by atoms with Crippen LogP contribution in [0, 0.1) is 5.82 Å². The third-order valence-electron chi connectivity index (χ3n) is 2.01. The number of halogens is 1. The molecule has 0 radical (unpaired) electrons. The molecule has 0 aliphatic carbocycles. The summed E-state index contributed by atoms with van der Waals surface area (Å²) in [7, 11) is 1.46. The number of nitrogens with one attached hydrogen (secondary N) is 1. The van der Waals surface area contributed by atoms with Gasteiger partial charge in [-0.15, -0.1) is 0 Å². The van der Waals surface area contributed by atoms with Crippen molar-refractivity contribution >= 4 is 5.91 Å². The first-order chi connectivity index (χ1) is 8.11. The van der Waals surface area contributed by atoms with Gasteiger partial charge in [0.2, 0.25) is 5.91 Å². The Labute approximate surface area is 99.7 Å². The fraction of sp³-hybridized carbons (Fsp3) is 0.417. The van der Waals surface area contributed by atoms with Gasteiger partial charge in [0.1, 0.15) is 24.3 Å². The Kier molecular flexibility index (Phi) is 5.42. The lowest BCUT2D eigenvalue weighted by molar-refractivity contribution is -0.125. The number of hydrogen-bond donors (Lipinski definition) is 1. The molecule has 0 saturated carbocycles. The van der Waals surface area contributed by atoms with E-state index in [2.05, 4.69) is 10.1 Å². The van der Waals surface area contributed by atoms with Crippen LogP contribution < -0.4 is 10.1 Å². The number of ether oxygens (including phenoxy) is 2. The molecular weight excluding hydrogens is 225 g/mol. The predicted octanol–water partition coefficient (Wildman–Crippen LogP) is 1.36. The third-order valence-corrected chi connectivity index (χ3v) is 2.01. The van der Waals surface area contributed by atoms with Crippen molar-refractivity contribution in [1.82, 2.24) is 5.32 Å². The molecule has 0 aliphatic heterocycles. The Morgan fingerprint density at radius 1 is 1.41 bits per heavy atom. The van der Waals surface area contributed by atoms with Gasteiger partial charge in [-0.1, -0.05) is 0 Å². The maximum Gasteiger partial charge on any atom is 0.246 e. The Morgan fingerprint density at radius 2 is 2.06 bits per heavy atom. The molecule has 1 aromatic rings. The van der Waals surface area contributed by atoms with Crippen LogP contribution in [-0.2, 0) is 9.53 Å². The topological polar surface area (TPSA) is 47.6 Å². The highest BCUT2D eigenvalue weighted by Crippen LogP contribution is 2.12.